The van der Waals surface area contributed by atoms with Crippen molar-refractivity contribution in [2.24, 2.45) is 0 Å². The molecule has 2 nitrogen and oxygen atoms in total. The summed E-state index contributed by atoms with van der Waals surface area (Å²) in [5.41, 5.74) is 0.800. The third-order valence-corrected chi connectivity index (χ3v) is 1.78. The Morgan fingerprint density at radius 1 is 1.55 bits per heavy atom. The van der Waals surface area contributed by atoms with E-state index in [1.807, 2.05) is 0 Å². The molecule has 0 bridgehead atoms. The van der Waals surface area contributed by atoms with Gasteiger partial charge in [0, 0.05) is 16.7 Å². The fourth-order valence-corrected chi connectivity index (χ4v) is 1.04. The molecule has 0 unspecified atom stereocenters. The van der Waals surface area contributed by atoms with Crippen LogP contribution >= 0.6 is 12.6 Å². The van der Waals surface area contributed by atoms with E-state index < -0.39 is 0 Å². The Morgan fingerprint density at radius 2 is 2.27 bits per heavy atom. The molecule has 1 aromatic rings. The first-order valence-corrected chi connectivity index (χ1v) is 3.60. The van der Waals surface area contributed by atoms with E-state index >= 15 is 0 Å². The van der Waals surface area contributed by atoms with Gasteiger partial charge in [0.05, 0.1) is 7.11 Å². The Morgan fingerprint density at radius 3 is 2.73 bits per heavy atom. The third-order valence-electron chi connectivity index (χ3n) is 1.39. The van der Waals surface area contributed by atoms with E-state index in [4.69, 9.17) is 10.1 Å². The van der Waals surface area contributed by atoms with Crippen LogP contribution in [0.1, 0.15) is 5.56 Å². The summed E-state index contributed by atoms with van der Waals surface area (Å²) in [4.78, 5) is 0.763. The Bertz CT molecular complexity index is 273. The molecule has 3 heteroatoms. The van der Waals surface area contributed by atoms with E-state index in [0.717, 1.165) is 16.2 Å². The van der Waals surface area contributed by atoms with Gasteiger partial charge in [0.2, 0.25) is 0 Å². The van der Waals surface area contributed by atoms with Gasteiger partial charge in [0.25, 0.3) is 0 Å². The van der Waals surface area contributed by atoms with Crippen molar-refractivity contribution in [3.63, 3.8) is 0 Å². The number of hydrogen-bond acceptors (Lipinski definition) is 3. The molecule has 58 valence electrons. The number of nitrogens with one attached hydrogen (secondary N) is 1. The first kappa shape index (κ1) is 8.14. The molecule has 0 spiro atoms. The molecule has 0 heterocycles. The summed E-state index contributed by atoms with van der Waals surface area (Å²) in [7, 11) is 1.60. The smallest absolute Gasteiger partial charge is 0.120 e. The quantitative estimate of drug-likeness (QED) is 0.512. The zero-order valence-corrected chi connectivity index (χ0v) is 7.06. The molecule has 0 aromatic heterocycles. The van der Waals surface area contributed by atoms with Crippen LogP contribution in [0.2, 0.25) is 0 Å². The average Bonchev–Trinajstić information content (AvgIpc) is 2.04. The summed E-state index contributed by atoms with van der Waals surface area (Å²) in [6.07, 6.45) is 1.27. The number of hydrogen-bond donors (Lipinski definition) is 2. The van der Waals surface area contributed by atoms with Gasteiger partial charge in [0.15, 0.2) is 0 Å². The molecule has 1 rings (SSSR count). The molecule has 0 amide bonds. The van der Waals surface area contributed by atoms with Crippen LogP contribution in [0.5, 0.6) is 5.75 Å². The number of ether oxygens (including phenoxy) is 1. The Kier molecular flexibility index (Phi) is 2.54. The summed E-state index contributed by atoms with van der Waals surface area (Å²) in [6, 6.07) is 5.39. The molecule has 0 saturated heterocycles. The monoisotopic (exact) mass is 167 g/mol. The van der Waals surface area contributed by atoms with Crippen molar-refractivity contribution >= 4 is 18.8 Å². The number of methoxy groups -OCH3 is 1. The van der Waals surface area contributed by atoms with Crippen molar-refractivity contribution in [2.75, 3.05) is 7.11 Å². The molecular weight excluding hydrogens is 158 g/mol. The van der Waals surface area contributed by atoms with Gasteiger partial charge < -0.3 is 10.1 Å². The highest BCUT2D eigenvalue weighted by molar-refractivity contribution is 7.80. The minimum Gasteiger partial charge on any atom is -0.497 e. The van der Waals surface area contributed by atoms with Crippen molar-refractivity contribution in [2.45, 2.75) is 4.90 Å². The maximum absolute atomic E-state index is 7.00. The summed E-state index contributed by atoms with van der Waals surface area (Å²) < 4.78 is 4.97. The molecule has 0 atom stereocenters. The second-order valence-corrected chi connectivity index (χ2v) is 2.55. The second kappa shape index (κ2) is 3.44. The molecule has 11 heavy (non-hydrogen) atoms. The van der Waals surface area contributed by atoms with Crippen molar-refractivity contribution in [1.29, 1.82) is 5.41 Å². The SMILES string of the molecule is COc1ccc(C=N)c(S)c1. The Labute approximate surface area is 71.1 Å². The average molecular weight is 167 g/mol. The van der Waals surface area contributed by atoms with Crippen LogP contribution in [-0.2, 0) is 0 Å². The standard InChI is InChI=1S/C8H9NOS/c1-10-7-3-2-6(5-9)8(11)4-7/h2-5,9,11H,1H3. The van der Waals surface area contributed by atoms with Gasteiger partial charge in [0.1, 0.15) is 5.75 Å². The van der Waals surface area contributed by atoms with Crippen molar-refractivity contribution in [1.82, 2.24) is 0 Å². The molecule has 0 radical (unpaired) electrons. The molecule has 1 N–H and O–H groups in total. The van der Waals surface area contributed by atoms with Gasteiger partial charge in [-0.25, -0.2) is 0 Å². The van der Waals surface area contributed by atoms with E-state index in [1.54, 1.807) is 25.3 Å². The Hall–Kier alpha value is -0.960. The van der Waals surface area contributed by atoms with Gasteiger partial charge >= 0.3 is 0 Å². The van der Waals surface area contributed by atoms with Crippen LogP contribution in [-0.4, -0.2) is 13.3 Å². The predicted octanol–water partition coefficient (Wildman–Crippen LogP) is 1.98. The van der Waals surface area contributed by atoms with Crippen molar-refractivity contribution in [3.05, 3.63) is 23.8 Å². The van der Waals surface area contributed by atoms with Crippen LogP contribution < -0.4 is 4.74 Å². The van der Waals surface area contributed by atoms with Crippen molar-refractivity contribution < 1.29 is 4.74 Å². The minimum atomic E-state index is 0.763. The predicted molar refractivity (Wildman–Crippen MR) is 48.1 cm³/mol. The highest BCUT2D eigenvalue weighted by Gasteiger charge is 1.96. The van der Waals surface area contributed by atoms with E-state index in [0.29, 0.717) is 0 Å². The maximum atomic E-state index is 7.00. The molecule has 0 aliphatic rings. The number of thiol groups is 1. The van der Waals surface area contributed by atoms with Gasteiger partial charge in [-0.2, -0.15) is 0 Å². The van der Waals surface area contributed by atoms with Gasteiger partial charge in [-0.1, -0.05) is 0 Å². The van der Waals surface area contributed by atoms with Gasteiger partial charge in [-0.15, -0.1) is 12.6 Å². The zero-order valence-electron chi connectivity index (χ0n) is 6.16. The number of benzene rings is 1. The lowest BCUT2D eigenvalue weighted by atomic mass is 10.2. The number of rotatable bonds is 2. The molecule has 0 aliphatic carbocycles. The molecule has 0 saturated carbocycles. The van der Waals surface area contributed by atoms with Crippen LogP contribution in [0.4, 0.5) is 0 Å². The lowest BCUT2D eigenvalue weighted by molar-refractivity contribution is 0.413. The van der Waals surface area contributed by atoms with E-state index in [1.165, 1.54) is 6.21 Å². The van der Waals surface area contributed by atoms with E-state index in [2.05, 4.69) is 12.6 Å². The fraction of sp³-hybridized carbons (Fsp3) is 0.125. The first-order valence-electron chi connectivity index (χ1n) is 3.15. The molecule has 1 aromatic carbocycles. The van der Waals surface area contributed by atoms with E-state index in [9.17, 15) is 0 Å². The van der Waals surface area contributed by atoms with E-state index in [-0.39, 0.29) is 0 Å². The zero-order chi connectivity index (χ0) is 8.27. The molecular formula is C8H9NOS. The largest absolute Gasteiger partial charge is 0.497 e. The highest BCUT2D eigenvalue weighted by atomic mass is 32.1. The second-order valence-electron chi connectivity index (χ2n) is 2.07. The third kappa shape index (κ3) is 1.74. The summed E-state index contributed by atoms with van der Waals surface area (Å²) in [6.45, 7) is 0. The van der Waals surface area contributed by atoms with Crippen LogP contribution in [0.3, 0.4) is 0 Å². The van der Waals surface area contributed by atoms with Crippen LogP contribution in [0.25, 0.3) is 0 Å². The fourth-order valence-electron chi connectivity index (χ4n) is 0.773. The molecule has 0 aliphatic heterocycles. The highest BCUT2D eigenvalue weighted by Crippen LogP contribution is 2.18. The Balaban J connectivity index is 3.09. The summed E-state index contributed by atoms with van der Waals surface area (Å²) in [5.74, 6) is 0.764. The maximum Gasteiger partial charge on any atom is 0.120 e. The lowest BCUT2D eigenvalue weighted by Crippen LogP contribution is -1.86. The minimum absolute atomic E-state index is 0.763. The van der Waals surface area contributed by atoms with Crippen molar-refractivity contribution in [3.8, 4) is 5.75 Å². The summed E-state index contributed by atoms with van der Waals surface area (Å²) in [5, 5.41) is 7.00. The molecule has 0 fully saturated rings. The normalized spacial score (nSPS) is 9.27. The lowest BCUT2D eigenvalue weighted by Gasteiger charge is -2.01. The van der Waals surface area contributed by atoms with Crippen LogP contribution in [0, 0.1) is 5.41 Å². The summed E-state index contributed by atoms with van der Waals surface area (Å²) >= 11 is 4.17. The van der Waals surface area contributed by atoms with Crippen LogP contribution in [0.15, 0.2) is 23.1 Å². The van der Waals surface area contributed by atoms with Gasteiger partial charge in [-0.05, 0) is 18.2 Å². The topological polar surface area (TPSA) is 33.1 Å². The first-order chi connectivity index (χ1) is 5.27. The van der Waals surface area contributed by atoms with Gasteiger partial charge in [-0.3, -0.25) is 0 Å².